The molecule has 0 fully saturated rings. The van der Waals surface area contributed by atoms with E-state index in [9.17, 15) is 18.4 Å². The highest BCUT2D eigenvalue weighted by Crippen LogP contribution is 2.31. The maximum Gasteiger partial charge on any atom is 0.322 e. The molecule has 0 aliphatic carbocycles. The molecule has 3 aromatic rings. The van der Waals surface area contributed by atoms with Crippen LogP contribution in [0.2, 0.25) is 5.02 Å². The Balaban J connectivity index is 1.70. The van der Waals surface area contributed by atoms with Gasteiger partial charge in [-0.15, -0.1) is 0 Å². The van der Waals surface area contributed by atoms with Crippen LogP contribution in [-0.4, -0.2) is 29.5 Å². The molecule has 2 amide bonds. The summed E-state index contributed by atoms with van der Waals surface area (Å²) in [5, 5.41) is 6.59. The summed E-state index contributed by atoms with van der Waals surface area (Å²) in [4.78, 5) is 29.4. The first kappa shape index (κ1) is 19.4. The summed E-state index contributed by atoms with van der Waals surface area (Å²) in [6.45, 7) is 0.872. The number of aromatic nitrogens is 1. The number of rotatable bonds is 2. The van der Waals surface area contributed by atoms with E-state index in [1.165, 1.54) is 35.2 Å². The van der Waals surface area contributed by atoms with Gasteiger partial charge in [-0.05, 0) is 35.7 Å². The lowest BCUT2D eigenvalue weighted by molar-refractivity contribution is 0.200. The highest BCUT2D eigenvalue weighted by molar-refractivity contribution is 6.31. The van der Waals surface area contributed by atoms with Crippen LogP contribution in [0.3, 0.4) is 0 Å². The largest absolute Gasteiger partial charge is 0.324 e. The first-order chi connectivity index (χ1) is 13.8. The predicted octanol–water partition coefficient (Wildman–Crippen LogP) is 3.77. The zero-order chi connectivity index (χ0) is 20.7. The third kappa shape index (κ3) is 3.56. The van der Waals surface area contributed by atoms with Crippen molar-refractivity contribution >= 4 is 34.1 Å². The zero-order valence-corrected chi connectivity index (χ0v) is 16.1. The summed E-state index contributed by atoms with van der Waals surface area (Å²) >= 11 is 5.77. The molecular formula is C20H17ClF2N4O2. The quantitative estimate of drug-likeness (QED) is 0.593. The van der Waals surface area contributed by atoms with E-state index in [1.807, 2.05) is 0 Å². The third-order valence-corrected chi connectivity index (χ3v) is 5.33. The van der Waals surface area contributed by atoms with Crippen LogP contribution in [0.15, 0.2) is 41.2 Å². The molecule has 1 aliphatic rings. The number of anilines is 1. The molecule has 2 aromatic carbocycles. The van der Waals surface area contributed by atoms with Crippen molar-refractivity contribution in [1.29, 1.82) is 0 Å². The van der Waals surface area contributed by atoms with Crippen LogP contribution >= 0.6 is 11.6 Å². The van der Waals surface area contributed by atoms with Gasteiger partial charge in [0.15, 0.2) is 0 Å². The molecule has 1 aliphatic heterocycles. The number of hydrogen-bond acceptors (Lipinski definition) is 3. The second-order valence-electron chi connectivity index (χ2n) is 6.85. The second kappa shape index (κ2) is 7.46. The van der Waals surface area contributed by atoms with Gasteiger partial charge >= 0.3 is 6.03 Å². The lowest BCUT2D eigenvalue weighted by atomic mass is 9.94. The summed E-state index contributed by atoms with van der Waals surface area (Å²) in [5.41, 5.74) is 1.38. The number of carbonyl (C=O) groups excluding carboxylic acids is 1. The topological polar surface area (TPSA) is 77.2 Å². The molecule has 0 radical (unpaired) electrons. The van der Waals surface area contributed by atoms with E-state index < -0.39 is 23.7 Å². The minimum absolute atomic E-state index is 0.0965. The van der Waals surface area contributed by atoms with Gasteiger partial charge in [-0.3, -0.25) is 4.79 Å². The molecule has 0 spiro atoms. The Kier molecular flexibility index (Phi) is 4.97. The van der Waals surface area contributed by atoms with Gasteiger partial charge in [-0.25, -0.2) is 13.6 Å². The fourth-order valence-corrected chi connectivity index (χ4v) is 3.77. The van der Waals surface area contributed by atoms with Crippen molar-refractivity contribution in [3.63, 3.8) is 0 Å². The number of nitrogens with zero attached hydrogens (tertiary/aromatic N) is 1. The van der Waals surface area contributed by atoms with Gasteiger partial charge in [0.2, 0.25) is 0 Å². The summed E-state index contributed by atoms with van der Waals surface area (Å²) in [6.07, 6.45) is 0. The Morgan fingerprint density at radius 2 is 2.00 bits per heavy atom. The highest BCUT2D eigenvalue weighted by Gasteiger charge is 2.30. The molecule has 0 bridgehead atoms. The van der Waals surface area contributed by atoms with Crippen LogP contribution in [0.4, 0.5) is 19.3 Å². The Morgan fingerprint density at radius 3 is 2.76 bits per heavy atom. The number of benzene rings is 2. The normalized spacial score (nSPS) is 15.8. The van der Waals surface area contributed by atoms with Crippen LogP contribution in [0.5, 0.6) is 0 Å². The molecule has 1 atom stereocenters. The van der Waals surface area contributed by atoms with Gasteiger partial charge in [0.1, 0.15) is 11.6 Å². The molecule has 0 saturated carbocycles. The van der Waals surface area contributed by atoms with Crippen molar-refractivity contribution in [3.8, 4) is 0 Å². The average molecular weight is 419 g/mol. The fourth-order valence-electron chi connectivity index (χ4n) is 3.59. The minimum atomic E-state index is -0.578. The van der Waals surface area contributed by atoms with Crippen molar-refractivity contribution in [1.82, 2.24) is 15.2 Å². The minimum Gasteiger partial charge on any atom is -0.324 e. The number of aromatic amines is 1. The lowest BCUT2D eigenvalue weighted by Crippen LogP contribution is -2.43. The van der Waals surface area contributed by atoms with E-state index >= 15 is 0 Å². The van der Waals surface area contributed by atoms with Crippen molar-refractivity contribution in [2.75, 3.05) is 18.9 Å². The number of nitrogens with one attached hydrogen (secondary N) is 3. The van der Waals surface area contributed by atoms with Crippen LogP contribution in [-0.2, 0) is 6.54 Å². The van der Waals surface area contributed by atoms with Crippen molar-refractivity contribution in [2.24, 2.45) is 0 Å². The first-order valence-corrected chi connectivity index (χ1v) is 9.27. The van der Waals surface area contributed by atoms with Crippen LogP contribution in [0.1, 0.15) is 17.3 Å². The maximum absolute atomic E-state index is 13.7. The summed E-state index contributed by atoms with van der Waals surface area (Å²) in [6, 6.07) is 7.09. The molecule has 9 heteroatoms. The smallest absolute Gasteiger partial charge is 0.322 e. The molecule has 4 rings (SSSR count). The number of fused-ring (bicyclic) bond motifs is 3. The zero-order valence-electron chi connectivity index (χ0n) is 15.4. The Hall–Kier alpha value is -2.97. The maximum atomic E-state index is 13.7. The number of hydrogen-bond donors (Lipinski definition) is 3. The van der Waals surface area contributed by atoms with E-state index in [2.05, 4.69) is 15.6 Å². The lowest BCUT2D eigenvalue weighted by Gasteiger charge is -2.34. The van der Waals surface area contributed by atoms with Gasteiger partial charge in [0, 0.05) is 37.1 Å². The van der Waals surface area contributed by atoms with Gasteiger partial charge in [0.05, 0.1) is 16.5 Å². The monoisotopic (exact) mass is 418 g/mol. The Bertz CT molecular complexity index is 1180. The molecule has 0 saturated heterocycles. The van der Waals surface area contributed by atoms with Gasteiger partial charge in [0.25, 0.3) is 5.56 Å². The highest BCUT2D eigenvalue weighted by atomic mass is 35.5. The number of likely N-dealkylation sites (N-methyl/N-ethyl adjacent to an activating group) is 1. The molecule has 29 heavy (non-hydrogen) atoms. The van der Waals surface area contributed by atoms with Crippen LogP contribution < -0.4 is 16.2 Å². The average Bonchev–Trinajstić information content (AvgIpc) is 2.70. The van der Waals surface area contributed by atoms with Crippen molar-refractivity contribution in [2.45, 2.75) is 12.6 Å². The van der Waals surface area contributed by atoms with E-state index in [1.54, 1.807) is 13.1 Å². The van der Waals surface area contributed by atoms with E-state index in [4.69, 9.17) is 11.6 Å². The van der Waals surface area contributed by atoms with E-state index in [-0.39, 0.29) is 16.0 Å². The van der Waals surface area contributed by atoms with Gasteiger partial charge in [-0.2, -0.15) is 0 Å². The molecule has 1 aromatic heterocycles. The standard InChI is InChI=1S/C20H17ClF2N4O2/c1-27(20(29)25-11-3-5-15(23)14(21)7-11)17-9-24-8-16-18(17)12-4-2-10(22)6-13(12)19(28)26-16/h2-7,17,24H,8-9H2,1H3,(H,25,29)(H,26,28)/t17-/m0/s1. The molecule has 0 unspecified atom stereocenters. The Labute approximate surface area is 169 Å². The third-order valence-electron chi connectivity index (χ3n) is 5.04. The first-order valence-electron chi connectivity index (χ1n) is 8.89. The van der Waals surface area contributed by atoms with Crippen LogP contribution in [0, 0.1) is 11.6 Å². The number of carbonyl (C=O) groups is 1. The number of urea groups is 1. The SMILES string of the molecule is CN(C(=O)Nc1ccc(F)c(Cl)c1)[C@H]1CNCc2[nH]c(=O)c3cc(F)ccc3c21. The van der Waals surface area contributed by atoms with Crippen molar-refractivity contribution in [3.05, 3.63) is 74.7 Å². The molecule has 6 nitrogen and oxygen atoms in total. The summed E-state index contributed by atoms with van der Waals surface area (Å²) in [5.74, 6) is -1.08. The predicted molar refractivity (Wildman–Crippen MR) is 107 cm³/mol. The van der Waals surface area contributed by atoms with Gasteiger partial charge in [-0.1, -0.05) is 17.7 Å². The molecular weight excluding hydrogens is 402 g/mol. The summed E-state index contributed by atoms with van der Waals surface area (Å²) in [7, 11) is 1.61. The number of H-pyrrole nitrogens is 1. The molecule has 150 valence electrons. The van der Waals surface area contributed by atoms with Crippen LogP contribution in [0.25, 0.3) is 10.8 Å². The second-order valence-corrected chi connectivity index (χ2v) is 7.26. The van der Waals surface area contributed by atoms with Gasteiger partial charge < -0.3 is 20.5 Å². The fraction of sp³-hybridized carbons (Fsp3) is 0.200. The molecule has 3 N–H and O–H groups in total. The van der Waals surface area contributed by atoms with Crippen molar-refractivity contribution < 1.29 is 13.6 Å². The van der Waals surface area contributed by atoms with E-state index in [0.29, 0.717) is 29.9 Å². The summed E-state index contributed by atoms with van der Waals surface area (Å²) < 4.78 is 27.0. The number of amides is 2. The number of pyridine rings is 1. The molecule has 2 heterocycles. The number of halogens is 3. The Morgan fingerprint density at radius 1 is 1.21 bits per heavy atom. The van der Waals surface area contributed by atoms with E-state index in [0.717, 1.165) is 5.56 Å².